The van der Waals surface area contributed by atoms with Crippen molar-refractivity contribution in [1.29, 1.82) is 0 Å². The molecule has 398 valence electrons. The number of nitrogens with zero attached hydrogens (tertiary/aromatic N) is 7. The van der Waals surface area contributed by atoms with E-state index >= 15 is 0 Å². The van der Waals surface area contributed by atoms with Crippen molar-refractivity contribution in [3.63, 3.8) is 0 Å². The van der Waals surface area contributed by atoms with Crippen LogP contribution < -0.4 is 10.7 Å². The van der Waals surface area contributed by atoms with Crippen molar-refractivity contribution < 1.29 is 43.3 Å². The van der Waals surface area contributed by atoms with Gasteiger partial charge in [-0.05, 0) is 111 Å². The number of hydrazine groups is 1. The number of nitrogens with one attached hydrogen (secondary N) is 2. The number of carbonyl (C=O) groups is 6. The maximum Gasteiger partial charge on any atom is 0.324 e. The maximum absolute atomic E-state index is 14.8. The van der Waals surface area contributed by atoms with Crippen LogP contribution in [0.1, 0.15) is 96.6 Å². The highest BCUT2D eigenvalue weighted by Gasteiger charge is 2.43. The zero-order valence-electron chi connectivity index (χ0n) is 44.6. The molecular weight excluding hydrogens is 943 g/mol. The number of pyridine rings is 1. The molecule has 2 aromatic carbocycles. The summed E-state index contributed by atoms with van der Waals surface area (Å²) in [6.45, 7) is 15.3. The number of benzene rings is 2. The molecule has 6 atom stereocenters. The summed E-state index contributed by atoms with van der Waals surface area (Å²) in [7, 11) is 4.77. The summed E-state index contributed by atoms with van der Waals surface area (Å²) in [6, 6.07) is 12.0. The SMILES string of the molecule is CCn1c(-c2cccnc2[C@H](C)OC)c2c3cc(ccc31)-c1cc(O)cc(c1)C[C@H](NC(=O)C(C(C)C)N(C)C(=O)CN(C)C(=O)[C@@H]1CN1CCCN1CCCC1=O)C(=O)N1CCC[C@H](N1)C(=O)OCC(C)(C)C2. The van der Waals surface area contributed by atoms with Crippen LogP contribution in [0.2, 0.25) is 0 Å². The van der Waals surface area contributed by atoms with E-state index in [0.717, 1.165) is 58.4 Å². The Morgan fingerprint density at radius 3 is 2.51 bits per heavy atom. The van der Waals surface area contributed by atoms with E-state index in [1.165, 1.54) is 21.9 Å². The van der Waals surface area contributed by atoms with Crippen LogP contribution in [0.15, 0.2) is 54.7 Å². The molecule has 6 bridgehead atoms. The summed E-state index contributed by atoms with van der Waals surface area (Å²) in [5.41, 5.74) is 9.43. The molecule has 5 amide bonds. The molecule has 3 fully saturated rings. The average Bonchev–Trinajstić information content (AvgIpc) is 3.93. The lowest BCUT2D eigenvalue weighted by Crippen LogP contribution is -2.62. The third-order valence-electron chi connectivity index (χ3n) is 15.2. The van der Waals surface area contributed by atoms with Gasteiger partial charge in [0.25, 0.3) is 5.91 Å². The highest BCUT2D eigenvalue weighted by atomic mass is 16.5. The lowest BCUT2D eigenvalue weighted by Gasteiger charge is -2.37. The first-order chi connectivity index (χ1) is 35.3. The maximum atomic E-state index is 14.8. The van der Waals surface area contributed by atoms with Crippen molar-refractivity contribution >= 4 is 46.4 Å². The van der Waals surface area contributed by atoms with Crippen LogP contribution in [0.4, 0.5) is 0 Å². The molecule has 0 spiro atoms. The van der Waals surface area contributed by atoms with Gasteiger partial charge in [-0.15, -0.1) is 0 Å². The van der Waals surface area contributed by atoms with Crippen LogP contribution in [-0.2, 0) is 57.6 Å². The number of carbonyl (C=O) groups excluding carboxylic acids is 6. The predicted molar refractivity (Wildman–Crippen MR) is 280 cm³/mol. The number of ether oxygens (including phenoxy) is 2. The molecule has 6 heterocycles. The van der Waals surface area contributed by atoms with Crippen molar-refractivity contribution in [1.82, 2.24) is 44.9 Å². The molecule has 18 heteroatoms. The summed E-state index contributed by atoms with van der Waals surface area (Å²) in [5, 5.41) is 16.7. The van der Waals surface area contributed by atoms with E-state index < -0.39 is 53.1 Å². The number of aromatic nitrogens is 2. The number of fused-ring (bicyclic) bond motifs is 6. The van der Waals surface area contributed by atoms with Gasteiger partial charge < -0.3 is 39.2 Å². The minimum Gasteiger partial charge on any atom is -0.508 e. The second-order valence-corrected chi connectivity index (χ2v) is 21.8. The summed E-state index contributed by atoms with van der Waals surface area (Å²) in [5.74, 6) is -2.46. The second kappa shape index (κ2) is 22.6. The molecule has 4 aliphatic heterocycles. The molecule has 3 N–H and O–H groups in total. The molecule has 0 saturated carbocycles. The summed E-state index contributed by atoms with van der Waals surface area (Å²) in [6.07, 6.45) is 5.12. The largest absolute Gasteiger partial charge is 0.508 e. The minimum absolute atomic E-state index is 0.0258. The van der Waals surface area contributed by atoms with Gasteiger partial charge in [-0.3, -0.25) is 43.7 Å². The van der Waals surface area contributed by atoms with E-state index in [9.17, 15) is 33.9 Å². The first-order valence-electron chi connectivity index (χ1n) is 26.3. The number of aryl methyl sites for hydroxylation is 1. The van der Waals surface area contributed by atoms with Gasteiger partial charge in [0.2, 0.25) is 23.6 Å². The number of phenols is 1. The normalized spacial score (nSPS) is 21.8. The van der Waals surface area contributed by atoms with Crippen LogP contribution >= 0.6 is 0 Å². The van der Waals surface area contributed by atoms with Crippen LogP contribution in [0.5, 0.6) is 5.75 Å². The quantitative estimate of drug-likeness (QED) is 0.106. The van der Waals surface area contributed by atoms with Crippen molar-refractivity contribution in [2.24, 2.45) is 11.3 Å². The van der Waals surface area contributed by atoms with Gasteiger partial charge in [-0.2, -0.15) is 0 Å². The van der Waals surface area contributed by atoms with E-state index in [2.05, 4.69) is 54.3 Å². The van der Waals surface area contributed by atoms with Crippen molar-refractivity contribution in [2.75, 3.05) is 67.1 Å². The zero-order chi connectivity index (χ0) is 53.2. The number of cyclic esters (lactones) is 1. The fraction of sp³-hybridized carbons (Fsp3) is 0.554. The van der Waals surface area contributed by atoms with E-state index in [-0.39, 0.29) is 55.8 Å². The van der Waals surface area contributed by atoms with E-state index in [1.54, 1.807) is 32.5 Å². The fourth-order valence-corrected chi connectivity index (χ4v) is 11.1. The van der Waals surface area contributed by atoms with Crippen molar-refractivity contribution in [3.8, 4) is 28.1 Å². The van der Waals surface area contributed by atoms with E-state index in [4.69, 9.17) is 14.5 Å². The number of esters is 1. The van der Waals surface area contributed by atoms with Crippen molar-refractivity contribution in [3.05, 3.63) is 71.5 Å². The smallest absolute Gasteiger partial charge is 0.324 e. The fourth-order valence-electron chi connectivity index (χ4n) is 11.1. The summed E-state index contributed by atoms with van der Waals surface area (Å²) < 4.78 is 14.2. The molecule has 4 aliphatic rings. The second-order valence-electron chi connectivity index (χ2n) is 21.8. The Morgan fingerprint density at radius 1 is 1.01 bits per heavy atom. The lowest BCUT2D eigenvalue weighted by molar-refractivity contribution is -0.155. The molecule has 18 nitrogen and oxygen atoms in total. The van der Waals surface area contributed by atoms with Gasteiger partial charge in [-0.1, -0.05) is 39.8 Å². The molecule has 0 radical (unpaired) electrons. The third-order valence-corrected chi connectivity index (χ3v) is 15.2. The number of aromatic hydroxyl groups is 1. The Bertz CT molecular complexity index is 2770. The average molecular weight is 1020 g/mol. The number of amides is 5. The Kier molecular flexibility index (Phi) is 16.5. The summed E-state index contributed by atoms with van der Waals surface area (Å²) in [4.78, 5) is 94.3. The van der Waals surface area contributed by atoms with Gasteiger partial charge in [-0.25, -0.2) is 5.43 Å². The Morgan fingerprint density at radius 2 is 1.80 bits per heavy atom. The van der Waals surface area contributed by atoms with Crippen LogP contribution in [0, 0.1) is 11.3 Å². The molecule has 8 rings (SSSR count). The van der Waals surface area contributed by atoms with Gasteiger partial charge in [0.1, 0.15) is 29.9 Å². The lowest BCUT2D eigenvalue weighted by atomic mass is 9.84. The van der Waals surface area contributed by atoms with Gasteiger partial charge >= 0.3 is 5.97 Å². The number of likely N-dealkylation sites (N-methyl/N-ethyl adjacent to an activating group) is 2. The first-order valence-corrected chi connectivity index (χ1v) is 26.3. The van der Waals surface area contributed by atoms with Gasteiger partial charge in [0.15, 0.2) is 0 Å². The standard InChI is InChI=1S/C56H75N9O9/c1-10-64-45-19-18-37-29-41(45)42(51(64)40-15-11-20-57-49(40)35(4)73-9)30-56(5,6)33-74-55(72)43-16-12-24-65(59-43)53(70)44(27-36-25-38(37)28-39(66)26-36)58-52(69)50(34(2)3)61(8)48(68)32-60(7)54(71)46-31-63(46)23-14-22-62-21-13-17-47(62)67/h11,15,18-20,25-26,28-29,34-35,43-44,46,50,59,66H,10,12-14,16-17,21-24,27,30-33H2,1-9H3,(H,58,69)/t35-,43-,44-,46-,50?,63?/m0/s1. The molecule has 2 aromatic heterocycles. The third kappa shape index (κ3) is 11.8. The minimum atomic E-state index is -1.20. The number of hydrogen-bond donors (Lipinski definition) is 3. The monoisotopic (exact) mass is 1020 g/mol. The Labute approximate surface area is 434 Å². The Balaban J connectivity index is 1.08. The zero-order valence-corrected chi connectivity index (χ0v) is 44.6. The molecule has 2 unspecified atom stereocenters. The number of hydrogen-bond acceptors (Lipinski definition) is 12. The van der Waals surface area contributed by atoms with Crippen LogP contribution in [-0.4, -0.2) is 166 Å². The number of methoxy groups -OCH3 is 1. The highest BCUT2D eigenvalue weighted by Crippen LogP contribution is 2.42. The molecule has 4 aromatic rings. The molecular formula is C56H75N9O9. The number of likely N-dealkylation sites (tertiary alicyclic amines) is 1. The number of phenolic OH excluding ortho intramolecular Hbond substituents is 1. The van der Waals surface area contributed by atoms with Crippen molar-refractivity contribution in [2.45, 2.75) is 123 Å². The number of rotatable bonds is 15. The Hall–Kier alpha value is -6.37. The van der Waals surface area contributed by atoms with E-state index in [0.29, 0.717) is 63.0 Å². The van der Waals surface area contributed by atoms with E-state index in [1.807, 2.05) is 48.8 Å². The van der Waals surface area contributed by atoms with Gasteiger partial charge in [0, 0.05) is 101 Å². The predicted octanol–water partition coefficient (Wildman–Crippen LogP) is 5.09. The molecule has 0 aliphatic carbocycles. The molecule has 3 saturated heterocycles. The summed E-state index contributed by atoms with van der Waals surface area (Å²) >= 11 is 0. The first kappa shape index (κ1) is 53.9. The van der Waals surface area contributed by atoms with Gasteiger partial charge in [0.05, 0.1) is 30.6 Å². The van der Waals surface area contributed by atoms with Crippen LogP contribution in [0.25, 0.3) is 33.3 Å². The molecule has 74 heavy (non-hydrogen) atoms. The topological polar surface area (TPSA) is 199 Å². The highest BCUT2D eigenvalue weighted by molar-refractivity contribution is 5.96. The van der Waals surface area contributed by atoms with Crippen LogP contribution in [0.3, 0.4) is 0 Å².